The Bertz CT molecular complexity index is 330. The standard InChI is InChI=1S/C9H12ClN3O/c1-2-7(11)9(14)13-8-6(10)4-3-5-12-8/h3-5,7H,2,11H2,1H3,(H,12,13,14)/t7-/m1/s1. The second-order valence-electron chi connectivity index (χ2n) is 2.84. The van der Waals surface area contributed by atoms with Gasteiger partial charge >= 0.3 is 0 Å². The first-order chi connectivity index (χ1) is 6.65. The molecule has 4 nitrogen and oxygen atoms in total. The molecular weight excluding hydrogens is 202 g/mol. The number of nitrogens with zero attached hydrogens (tertiary/aromatic N) is 1. The zero-order chi connectivity index (χ0) is 10.6. The second kappa shape index (κ2) is 4.93. The number of hydrogen-bond acceptors (Lipinski definition) is 3. The summed E-state index contributed by atoms with van der Waals surface area (Å²) in [6, 6.07) is 2.83. The minimum atomic E-state index is -0.520. The van der Waals surface area contributed by atoms with Gasteiger partial charge < -0.3 is 11.1 Å². The number of rotatable bonds is 3. The molecule has 0 saturated heterocycles. The lowest BCUT2D eigenvalue weighted by Gasteiger charge is -2.09. The third-order valence-corrected chi connectivity index (χ3v) is 2.08. The molecule has 0 unspecified atom stereocenters. The van der Waals surface area contributed by atoms with Crippen molar-refractivity contribution in [3.8, 4) is 0 Å². The maximum absolute atomic E-state index is 11.4. The third kappa shape index (κ3) is 2.68. The zero-order valence-electron chi connectivity index (χ0n) is 7.83. The van der Waals surface area contributed by atoms with Gasteiger partial charge in [0.2, 0.25) is 5.91 Å². The number of pyridine rings is 1. The number of hydrogen-bond donors (Lipinski definition) is 2. The number of amides is 1. The van der Waals surface area contributed by atoms with Gasteiger partial charge in [0, 0.05) is 6.20 Å². The number of carbonyl (C=O) groups is 1. The Morgan fingerprint density at radius 1 is 1.79 bits per heavy atom. The fourth-order valence-corrected chi connectivity index (χ4v) is 1.04. The van der Waals surface area contributed by atoms with Crippen LogP contribution in [-0.4, -0.2) is 16.9 Å². The summed E-state index contributed by atoms with van der Waals surface area (Å²) < 4.78 is 0. The van der Waals surface area contributed by atoms with E-state index >= 15 is 0 Å². The minimum Gasteiger partial charge on any atom is -0.320 e. The number of aromatic nitrogens is 1. The molecule has 3 N–H and O–H groups in total. The van der Waals surface area contributed by atoms with Gasteiger partial charge in [-0.25, -0.2) is 4.98 Å². The van der Waals surface area contributed by atoms with E-state index in [-0.39, 0.29) is 5.91 Å². The van der Waals surface area contributed by atoms with Crippen LogP contribution in [0.5, 0.6) is 0 Å². The first kappa shape index (κ1) is 10.9. The highest BCUT2D eigenvalue weighted by molar-refractivity contribution is 6.33. The van der Waals surface area contributed by atoms with Gasteiger partial charge in [0.15, 0.2) is 5.82 Å². The summed E-state index contributed by atoms with van der Waals surface area (Å²) in [5, 5.41) is 2.96. The van der Waals surface area contributed by atoms with E-state index in [9.17, 15) is 4.79 Å². The molecule has 1 amide bonds. The van der Waals surface area contributed by atoms with Gasteiger partial charge in [-0.1, -0.05) is 18.5 Å². The highest BCUT2D eigenvalue weighted by Crippen LogP contribution is 2.17. The maximum atomic E-state index is 11.4. The minimum absolute atomic E-state index is 0.270. The molecule has 1 aromatic rings. The summed E-state index contributed by atoms with van der Waals surface area (Å²) in [6.45, 7) is 1.84. The summed E-state index contributed by atoms with van der Waals surface area (Å²) in [5.74, 6) is 0.0798. The van der Waals surface area contributed by atoms with Crippen LogP contribution in [0.1, 0.15) is 13.3 Å². The Morgan fingerprint density at radius 3 is 3.07 bits per heavy atom. The molecule has 0 aliphatic heterocycles. The number of nitrogens with two attached hydrogens (primary N) is 1. The lowest BCUT2D eigenvalue weighted by atomic mass is 10.2. The topological polar surface area (TPSA) is 68.0 Å². The third-order valence-electron chi connectivity index (χ3n) is 1.78. The predicted octanol–water partition coefficient (Wildman–Crippen LogP) is 1.41. The van der Waals surface area contributed by atoms with E-state index < -0.39 is 6.04 Å². The Hall–Kier alpha value is -1.13. The summed E-state index contributed by atoms with van der Waals surface area (Å²) >= 11 is 5.80. The molecule has 0 radical (unpaired) electrons. The van der Waals surface area contributed by atoms with Crippen LogP contribution in [0.15, 0.2) is 18.3 Å². The zero-order valence-corrected chi connectivity index (χ0v) is 8.58. The van der Waals surface area contributed by atoms with Crippen molar-refractivity contribution in [3.05, 3.63) is 23.4 Å². The molecule has 5 heteroatoms. The van der Waals surface area contributed by atoms with Crippen LogP contribution >= 0.6 is 11.6 Å². The van der Waals surface area contributed by atoms with Gasteiger partial charge in [0.25, 0.3) is 0 Å². The van der Waals surface area contributed by atoms with Crippen LogP contribution in [0, 0.1) is 0 Å². The first-order valence-corrected chi connectivity index (χ1v) is 4.70. The van der Waals surface area contributed by atoms with Crippen molar-refractivity contribution in [3.63, 3.8) is 0 Å². The Kier molecular flexibility index (Phi) is 3.85. The molecule has 1 heterocycles. The highest BCUT2D eigenvalue weighted by atomic mass is 35.5. The van der Waals surface area contributed by atoms with E-state index in [0.29, 0.717) is 17.3 Å². The average molecular weight is 214 g/mol. The van der Waals surface area contributed by atoms with Gasteiger partial charge in [0.1, 0.15) is 0 Å². The van der Waals surface area contributed by atoms with Gasteiger partial charge in [-0.15, -0.1) is 0 Å². The van der Waals surface area contributed by atoms with Crippen LogP contribution in [0.4, 0.5) is 5.82 Å². The summed E-state index contributed by atoms with van der Waals surface area (Å²) in [7, 11) is 0. The largest absolute Gasteiger partial charge is 0.320 e. The molecule has 0 aromatic carbocycles. The van der Waals surface area contributed by atoms with Crippen molar-refractivity contribution in [2.75, 3.05) is 5.32 Å². The van der Waals surface area contributed by atoms with Crippen LogP contribution in [0.25, 0.3) is 0 Å². The van der Waals surface area contributed by atoms with Crippen molar-refractivity contribution < 1.29 is 4.79 Å². The molecule has 1 rings (SSSR count). The fourth-order valence-electron chi connectivity index (χ4n) is 0.872. The number of halogens is 1. The number of anilines is 1. The number of nitrogens with one attached hydrogen (secondary N) is 1. The van der Waals surface area contributed by atoms with Crippen LogP contribution < -0.4 is 11.1 Å². The molecule has 0 saturated carbocycles. The summed E-state index contributed by atoms with van der Waals surface area (Å²) in [4.78, 5) is 15.3. The van der Waals surface area contributed by atoms with E-state index in [2.05, 4.69) is 10.3 Å². The van der Waals surface area contributed by atoms with Crippen molar-refractivity contribution in [1.29, 1.82) is 0 Å². The molecule has 0 aliphatic rings. The molecule has 0 aliphatic carbocycles. The smallest absolute Gasteiger partial charge is 0.242 e. The molecule has 0 bridgehead atoms. The first-order valence-electron chi connectivity index (χ1n) is 4.32. The van der Waals surface area contributed by atoms with Gasteiger partial charge in [-0.2, -0.15) is 0 Å². The number of carbonyl (C=O) groups excluding carboxylic acids is 1. The summed E-state index contributed by atoms with van der Waals surface area (Å²) in [5.41, 5.74) is 5.53. The predicted molar refractivity (Wildman–Crippen MR) is 56.1 cm³/mol. The molecule has 1 aromatic heterocycles. The van der Waals surface area contributed by atoms with E-state index in [1.807, 2.05) is 6.92 Å². The van der Waals surface area contributed by atoms with Crippen molar-refractivity contribution in [1.82, 2.24) is 4.98 Å². The van der Waals surface area contributed by atoms with E-state index in [0.717, 1.165) is 0 Å². The Morgan fingerprint density at radius 2 is 2.50 bits per heavy atom. The quantitative estimate of drug-likeness (QED) is 0.798. The molecular formula is C9H12ClN3O. The normalized spacial score (nSPS) is 12.2. The van der Waals surface area contributed by atoms with Gasteiger partial charge in [-0.05, 0) is 18.6 Å². The van der Waals surface area contributed by atoms with Crippen LogP contribution in [0.3, 0.4) is 0 Å². The maximum Gasteiger partial charge on any atom is 0.242 e. The van der Waals surface area contributed by atoms with E-state index in [4.69, 9.17) is 17.3 Å². The van der Waals surface area contributed by atoms with Gasteiger partial charge in [0.05, 0.1) is 11.1 Å². The molecule has 14 heavy (non-hydrogen) atoms. The molecule has 0 fully saturated rings. The lowest BCUT2D eigenvalue weighted by molar-refractivity contribution is -0.117. The van der Waals surface area contributed by atoms with Crippen LogP contribution in [-0.2, 0) is 4.79 Å². The summed E-state index contributed by atoms with van der Waals surface area (Å²) in [6.07, 6.45) is 2.13. The monoisotopic (exact) mass is 213 g/mol. The SMILES string of the molecule is CC[C@@H](N)C(=O)Nc1ncccc1Cl. The van der Waals surface area contributed by atoms with Crippen molar-refractivity contribution in [2.45, 2.75) is 19.4 Å². The van der Waals surface area contributed by atoms with Crippen LogP contribution in [0.2, 0.25) is 5.02 Å². The van der Waals surface area contributed by atoms with Gasteiger partial charge in [-0.3, -0.25) is 4.79 Å². The average Bonchev–Trinajstić information content (AvgIpc) is 2.20. The Labute approximate surface area is 87.5 Å². The molecule has 76 valence electrons. The lowest BCUT2D eigenvalue weighted by Crippen LogP contribution is -2.35. The van der Waals surface area contributed by atoms with Crippen molar-refractivity contribution >= 4 is 23.3 Å². The fraction of sp³-hybridized carbons (Fsp3) is 0.333. The Balaban J connectivity index is 2.70. The van der Waals surface area contributed by atoms with E-state index in [1.165, 1.54) is 0 Å². The van der Waals surface area contributed by atoms with Crippen molar-refractivity contribution in [2.24, 2.45) is 5.73 Å². The molecule has 0 spiro atoms. The molecule has 1 atom stereocenters. The second-order valence-corrected chi connectivity index (χ2v) is 3.25. The highest BCUT2D eigenvalue weighted by Gasteiger charge is 2.12. The van der Waals surface area contributed by atoms with E-state index in [1.54, 1.807) is 18.3 Å².